The van der Waals surface area contributed by atoms with Crippen molar-refractivity contribution >= 4 is 5.97 Å². The molecule has 0 aliphatic carbocycles. The first kappa shape index (κ1) is 11.8. The molecule has 84 valence electrons. The van der Waals surface area contributed by atoms with Crippen LogP contribution in [-0.4, -0.2) is 20.9 Å². The Bertz CT molecular complexity index is 386. The van der Waals surface area contributed by atoms with Gasteiger partial charge in [0.25, 0.3) is 0 Å². The highest BCUT2D eigenvalue weighted by Crippen LogP contribution is 2.28. The molecule has 0 saturated carbocycles. The first-order chi connectivity index (χ1) is 6.73. The summed E-state index contributed by atoms with van der Waals surface area (Å²) >= 11 is 0. The lowest BCUT2D eigenvalue weighted by atomic mass is 9.85. The smallest absolute Gasteiger partial charge is 0.325 e. The second-order valence-electron chi connectivity index (χ2n) is 4.85. The van der Waals surface area contributed by atoms with Crippen molar-refractivity contribution in [3.63, 3.8) is 0 Å². The van der Waals surface area contributed by atoms with Crippen LogP contribution in [0.25, 0.3) is 0 Å². The monoisotopic (exact) mass is 210 g/mol. The molecule has 0 aliphatic rings. The summed E-state index contributed by atoms with van der Waals surface area (Å²) in [7, 11) is 0. The zero-order valence-corrected chi connectivity index (χ0v) is 9.96. The van der Waals surface area contributed by atoms with Gasteiger partial charge in [0.15, 0.2) is 0 Å². The maximum atomic E-state index is 10.6. The quantitative estimate of drug-likeness (QED) is 0.810. The van der Waals surface area contributed by atoms with Crippen LogP contribution < -0.4 is 0 Å². The third-order valence-corrected chi connectivity index (χ3v) is 2.42. The molecule has 0 aliphatic heterocycles. The van der Waals surface area contributed by atoms with Crippen LogP contribution in [0.5, 0.6) is 0 Å². The molecule has 0 unspecified atom stereocenters. The molecule has 0 spiro atoms. The third kappa shape index (κ3) is 2.37. The molecule has 4 heteroatoms. The Morgan fingerprint density at radius 3 is 2.27 bits per heavy atom. The van der Waals surface area contributed by atoms with Crippen molar-refractivity contribution in [2.45, 2.75) is 46.6 Å². The molecule has 1 aromatic rings. The number of hydrogen-bond acceptors (Lipinski definition) is 2. The van der Waals surface area contributed by atoms with Crippen LogP contribution in [0, 0.1) is 13.8 Å². The average molecular weight is 210 g/mol. The number of carboxylic acids is 1. The lowest BCUT2D eigenvalue weighted by molar-refractivity contribution is -0.137. The number of carbonyl (C=O) groups is 1. The van der Waals surface area contributed by atoms with Crippen LogP contribution in [0.4, 0.5) is 0 Å². The van der Waals surface area contributed by atoms with E-state index in [1.54, 1.807) is 4.68 Å². The van der Waals surface area contributed by atoms with Crippen molar-refractivity contribution in [1.29, 1.82) is 0 Å². The molecule has 0 atom stereocenters. The second kappa shape index (κ2) is 3.68. The fourth-order valence-electron chi connectivity index (χ4n) is 2.06. The van der Waals surface area contributed by atoms with Gasteiger partial charge in [0.1, 0.15) is 6.54 Å². The molecule has 1 heterocycles. The molecule has 0 bridgehead atoms. The van der Waals surface area contributed by atoms with Gasteiger partial charge in [-0.15, -0.1) is 0 Å². The molecule has 0 amide bonds. The zero-order chi connectivity index (χ0) is 11.8. The van der Waals surface area contributed by atoms with E-state index in [9.17, 15) is 4.79 Å². The Kier molecular flexibility index (Phi) is 2.88. The van der Waals surface area contributed by atoms with Gasteiger partial charge in [0, 0.05) is 11.3 Å². The summed E-state index contributed by atoms with van der Waals surface area (Å²) in [5.41, 5.74) is 3.01. The van der Waals surface area contributed by atoms with Crippen molar-refractivity contribution in [2.24, 2.45) is 0 Å². The lowest BCUT2D eigenvalue weighted by Gasteiger charge is -2.19. The van der Waals surface area contributed by atoms with Crippen LogP contribution in [0.2, 0.25) is 0 Å². The first-order valence-electron chi connectivity index (χ1n) is 4.99. The van der Waals surface area contributed by atoms with E-state index in [2.05, 4.69) is 25.9 Å². The Balaban J connectivity index is 3.21. The van der Waals surface area contributed by atoms with E-state index in [0.29, 0.717) is 0 Å². The Labute approximate surface area is 89.9 Å². The lowest BCUT2D eigenvalue weighted by Crippen LogP contribution is -2.15. The second-order valence-corrected chi connectivity index (χ2v) is 4.85. The molecule has 0 saturated heterocycles. The summed E-state index contributed by atoms with van der Waals surface area (Å²) < 4.78 is 1.55. The standard InChI is InChI=1S/C11H18N2O2/c1-7-10(11(3,4)5)8(2)13(12-7)6-9(14)15/h6H2,1-5H3,(H,14,15). The van der Waals surface area contributed by atoms with Crippen molar-refractivity contribution < 1.29 is 9.90 Å². The van der Waals surface area contributed by atoms with Gasteiger partial charge < -0.3 is 5.11 Å². The van der Waals surface area contributed by atoms with Gasteiger partial charge in [0.05, 0.1) is 5.69 Å². The first-order valence-corrected chi connectivity index (χ1v) is 4.99. The summed E-state index contributed by atoms with van der Waals surface area (Å²) in [6.45, 7) is 10.1. The number of aryl methyl sites for hydroxylation is 1. The number of aromatic nitrogens is 2. The Hall–Kier alpha value is -1.32. The minimum atomic E-state index is -0.860. The molecule has 15 heavy (non-hydrogen) atoms. The van der Waals surface area contributed by atoms with Gasteiger partial charge in [-0.25, -0.2) is 0 Å². The Morgan fingerprint density at radius 1 is 1.40 bits per heavy atom. The molecule has 1 N–H and O–H groups in total. The normalized spacial score (nSPS) is 11.8. The molecule has 4 nitrogen and oxygen atoms in total. The molecule has 0 aromatic carbocycles. The van der Waals surface area contributed by atoms with Gasteiger partial charge in [-0.3, -0.25) is 9.48 Å². The minimum absolute atomic E-state index is 0.00488. The van der Waals surface area contributed by atoms with Gasteiger partial charge in [-0.05, 0) is 19.3 Å². The van der Waals surface area contributed by atoms with Crippen LogP contribution in [-0.2, 0) is 16.8 Å². The number of aliphatic carboxylic acids is 1. The van der Waals surface area contributed by atoms with Gasteiger partial charge in [-0.1, -0.05) is 20.8 Å². The molecule has 0 fully saturated rings. The van der Waals surface area contributed by atoms with E-state index in [1.165, 1.54) is 0 Å². The van der Waals surface area contributed by atoms with E-state index in [0.717, 1.165) is 17.0 Å². The highest BCUT2D eigenvalue weighted by atomic mass is 16.4. The largest absolute Gasteiger partial charge is 0.480 e. The minimum Gasteiger partial charge on any atom is -0.480 e. The summed E-state index contributed by atoms with van der Waals surface area (Å²) in [6, 6.07) is 0. The number of nitrogens with zero attached hydrogens (tertiary/aromatic N) is 2. The summed E-state index contributed by atoms with van der Waals surface area (Å²) in [5, 5.41) is 13.0. The van der Waals surface area contributed by atoms with E-state index in [4.69, 9.17) is 5.11 Å². The van der Waals surface area contributed by atoms with Gasteiger partial charge in [-0.2, -0.15) is 5.10 Å². The molecule has 0 radical (unpaired) electrons. The van der Waals surface area contributed by atoms with Crippen molar-refractivity contribution in [1.82, 2.24) is 9.78 Å². The molecular formula is C11H18N2O2. The van der Waals surface area contributed by atoms with E-state index in [1.807, 2.05) is 13.8 Å². The van der Waals surface area contributed by atoms with Crippen LogP contribution in [0.3, 0.4) is 0 Å². The highest BCUT2D eigenvalue weighted by Gasteiger charge is 2.23. The number of hydrogen-bond donors (Lipinski definition) is 1. The molecule has 1 aromatic heterocycles. The van der Waals surface area contributed by atoms with Gasteiger partial charge >= 0.3 is 5.97 Å². The third-order valence-electron chi connectivity index (χ3n) is 2.42. The SMILES string of the molecule is Cc1nn(CC(=O)O)c(C)c1C(C)(C)C. The van der Waals surface area contributed by atoms with Crippen molar-refractivity contribution in [2.75, 3.05) is 0 Å². The predicted octanol–water partition coefficient (Wildman–Crippen LogP) is 1.88. The van der Waals surface area contributed by atoms with E-state index in [-0.39, 0.29) is 12.0 Å². The fourth-order valence-corrected chi connectivity index (χ4v) is 2.06. The number of carboxylic acid groups (broad SMARTS) is 1. The van der Waals surface area contributed by atoms with Crippen LogP contribution in [0.1, 0.15) is 37.7 Å². The van der Waals surface area contributed by atoms with E-state index >= 15 is 0 Å². The van der Waals surface area contributed by atoms with Crippen LogP contribution >= 0.6 is 0 Å². The fraction of sp³-hybridized carbons (Fsp3) is 0.636. The average Bonchev–Trinajstić information content (AvgIpc) is 2.23. The van der Waals surface area contributed by atoms with Crippen molar-refractivity contribution in [3.05, 3.63) is 17.0 Å². The molecular weight excluding hydrogens is 192 g/mol. The summed E-state index contributed by atoms with van der Waals surface area (Å²) in [6.07, 6.45) is 0. The zero-order valence-electron chi connectivity index (χ0n) is 9.96. The maximum absolute atomic E-state index is 10.6. The highest BCUT2D eigenvalue weighted by molar-refractivity contribution is 5.66. The van der Waals surface area contributed by atoms with E-state index < -0.39 is 5.97 Å². The summed E-state index contributed by atoms with van der Waals surface area (Å²) in [4.78, 5) is 10.6. The van der Waals surface area contributed by atoms with Crippen LogP contribution in [0.15, 0.2) is 0 Å². The molecule has 1 rings (SSSR count). The Morgan fingerprint density at radius 2 is 1.93 bits per heavy atom. The maximum Gasteiger partial charge on any atom is 0.325 e. The summed E-state index contributed by atoms with van der Waals surface area (Å²) in [5.74, 6) is -0.860. The van der Waals surface area contributed by atoms with Gasteiger partial charge in [0.2, 0.25) is 0 Å². The predicted molar refractivity (Wildman–Crippen MR) is 58.0 cm³/mol. The van der Waals surface area contributed by atoms with Crippen molar-refractivity contribution in [3.8, 4) is 0 Å². The topological polar surface area (TPSA) is 55.1 Å². The number of rotatable bonds is 2.